The molecular formula is C9H23IN2O6P2-2. The average molecular weight is 444 g/mol. The van der Waals surface area contributed by atoms with Crippen molar-refractivity contribution in [3.63, 3.8) is 0 Å². The predicted molar refractivity (Wildman–Crippen MR) is 65.6 cm³/mol. The van der Waals surface area contributed by atoms with Gasteiger partial charge in [-0.05, 0) is 0 Å². The Hall–Kier alpha value is 0.950. The molecule has 0 radical (unpaired) electrons. The van der Waals surface area contributed by atoms with Crippen LogP contribution in [-0.2, 0) is 9.13 Å². The third kappa shape index (κ3) is 15.3. The lowest BCUT2D eigenvalue weighted by Crippen LogP contribution is -3.10. The second-order valence-corrected chi connectivity index (χ2v) is 8.93. The van der Waals surface area contributed by atoms with Gasteiger partial charge in [0.15, 0.2) is 0 Å². The minimum absolute atomic E-state index is 0. The molecular weight excluding hydrogens is 421 g/mol. The first kappa shape index (κ1) is 23.2. The van der Waals surface area contributed by atoms with E-state index in [1.165, 1.54) is 0 Å². The van der Waals surface area contributed by atoms with Gasteiger partial charge in [-0.15, -0.1) is 0 Å². The van der Waals surface area contributed by atoms with Crippen LogP contribution >= 0.6 is 15.2 Å². The molecule has 0 heterocycles. The van der Waals surface area contributed by atoms with Gasteiger partial charge in [0.25, 0.3) is 0 Å². The summed E-state index contributed by atoms with van der Waals surface area (Å²) in [5, 5.41) is 0. The summed E-state index contributed by atoms with van der Waals surface area (Å²) in [6.45, 7) is 1.76. The van der Waals surface area contributed by atoms with Crippen molar-refractivity contribution >= 4 is 15.2 Å². The Labute approximate surface area is 137 Å². The minimum atomic E-state index is -4.48. The number of rotatable bonds is 9. The maximum atomic E-state index is 10.6. The molecule has 0 spiro atoms. The van der Waals surface area contributed by atoms with E-state index in [1.54, 1.807) is 7.05 Å². The molecule has 2 unspecified atom stereocenters. The molecule has 124 valence electrons. The fraction of sp³-hybridized carbons (Fsp3) is 1.00. The van der Waals surface area contributed by atoms with Gasteiger partial charge < -0.3 is 62.1 Å². The Kier molecular flexibility index (Phi) is 10.6. The van der Waals surface area contributed by atoms with Crippen molar-refractivity contribution in [2.75, 3.05) is 59.6 Å². The molecule has 0 saturated carbocycles. The molecule has 0 aromatic rings. The maximum absolute atomic E-state index is 10.6. The van der Waals surface area contributed by atoms with Gasteiger partial charge >= 0.3 is 0 Å². The molecule has 20 heavy (non-hydrogen) atoms. The molecule has 0 aliphatic carbocycles. The molecule has 0 aliphatic rings. The first-order chi connectivity index (χ1) is 8.31. The summed E-state index contributed by atoms with van der Waals surface area (Å²) in [6.07, 6.45) is -0.659. The van der Waals surface area contributed by atoms with Gasteiger partial charge in [-0.3, -0.25) is 0 Å². The van der Waals surface area contributed by atoms with Crippen LogP contribution in [-0.4, -0.2) is 69.0 Å². The topological polar surface area (TPSA) is 128 Å². The van der Waals surface area contributed by atoms with E-state index in [-0.39, 0.29) is 42.8 Å². The molecule has 2 N–H and O–H groups in total. The van der Waals surface area contributed by atoms with Gasteiger partial charge in [-0.1, -0.05) is 7.60 Å². The molecule has 0 bridgehead atoms. The quantitative estimate of drug-likeness (QED) is 0.207. The van der Waals surface area contributed by atoms with Crippen molar-refractivity contribution in [2.45, 2.75) is 0 Å². The van der Waals surface area contributed by atoms with E-state index in [4.69, 9.17) is 4.89 Å². The van der Waals surface area contributed by atoms with Crippen LogP contribution in [0.1, 0.15) is 0 Å². The number of quaternary nitrogens is 2. The Morgan fingerprint density at radius 3 is 1.95 bits per heavy atom. The molecule has 11 heteroatoms. The first-order valence-corrected chi connectivity index (χ1v) is 9.47. The van der Waals surface area contributed by atoms with E-state index in [9.17, 15) is 23.8 Å². The van der Waals surface area contributed by atoms with Gasteiger partial charge in [0.2, 0.25) is 0 Å². The summed E-state index contributed by atoms with van der Waals surface area (Å²) >= 11 is 0. The van der Waals surface area contributed by atoms with Crippen LogP contribution in [0.15, 0.2) is 0 Å². The van der Waals surface area contributed by atoms with Crippen molar-refractivity contribution in [2.24, 2.45) is 0 Å². The van der Waals surface area contributed by atoms with Crippen LogP contribution in [0.4, 0.5) is 0 Å². The van der Waals surface area contributed by atoms with Crippen molar-refractivity contribution in [3.8, 4) is 0 Å². The maximum Gasteiger partial charge on any atom is 0.138 e. The van der Waals surface area contributed by atoms with Gasteiger partial charge in [0, 0.05) is 6.16 Å². The van der Waals surface area contributed by atoms with Crippen molar-refractivity contribution in [1.29, 1.82) is 0 Å². The number of nitrogens with one attached hydrogen (secondary N) is 1. The second-order valence-electron chi connectivity index (χ2n) is 5.54. The zero-order chi connectivity index (χ0) is 15.3. The number of hydrogen-bond donors (Lipinski definition) is 2. The van der Waals surface area contributed by atoms with Crippen molar-refractivity contribution in [1.82, 2.24) is 0 Å². The predicted octanol–water partition coefficient (Wildman–Crippen LogP) is -6.96. The van der Waals surface area contributed by atoms with Crippen LogP contribution in [0.3, 0.4) is 0 Å². The van der Waals surface area contributed by atoms with Gasteiger partial charge in [0.05, 0.1) is 40.4 Å². The molecule has 0 fully saturated rings. The van der Waals surface area contributed by atoms with E-state index in [0.29, 0.717) is 24.1 Å². The summed E-state index contributed by atoms with van der Waals surface area (Å²) < 4.78 is 21.6. The Morgan fingerprint density at radius 2 is 1.55 bits per heavy atom. The van der Waals surface area contributed by atoms with Crippen LogP contribution in [0.25, 0.3) is 0 Å². The fourth-order valence-corrected chi connectivity index (χ4v) is 2.91. The van der Waals surface area contributed by atoms with Crippen LogP contribution in [0.2, 0.25) is 0 Å². The highest BCUT2D eigenvalue weighted by atomic mass is 127. The molecule has 0 aliphatic heterocycles. The van der Waals surface area contributed by atoms with E-state index >= 15 is 0 Å². The van der Waals surface area contributed by atoms with E-state index < -0.39 is 15.2 Å². The zero-order valence-corrected chi connectivity index (χ0v) is 15.9. The lowest BCUT2D eigenvalue weighted by molar-refractivity contribution is -0.940. The Balaban J connectivity index is 0. The SMILES string of the molecule is C[NH+](CC[N+](C)(C)CCP(=O)([O-])[O-])CCP(=O)([O-])O.[I-]. The second kappa shape index (κ2) is 9.17. The lowest BCUT2D eigenvalue weighted by Gasteiger charge is -2.36. The molecule has 0 rings (SSSR count). The van der Waals surface area contributed by atoms with Crippen LogP contribution in [0, 0.1) is 0 Å². The number of likely N-dealkylation sites (N-methyl/N-ethyl adjacent to an activating group) is 2. The molecule has 0 amide bonds. The van der Waals surface area contributed by atoms with E-state index in [1.807, 2.05) is 14.1 Å². The van der Waals surface area contributed by atoms with Crippen LogP contribution in [0.5, 0.6) is 0 Å². The lowest BCUT2D eigenvalue weighted by atomic mass is 10.4. The van der Waals surface area contributed by atoms with Crippen LogP contribution < -0.4 is 43.6 Å². The minimum Gasteiger partial charge on any atom is -1.00 e. The monoisotopic (exact) mass is 444 g/mol. The number of halogens is 1. The molecule has 0 aromatic heterocycles. The molecule has 2 atom stereocenters. The highest BCUT2D eigenvalue weighted by molar-refractivity contribution is 7.50. The van der Waals surface area contributed by atoms with E-state index in [0.717, 1.165) is 4.90 Å². The van der Waals surface area contributed by atoms with E-state index in [2.05, 4.69) is 0 Å². The molecule has 0 aromatic carbocycles. The van der Waals surface area contributed by atoms with Crippen molar-refractivity contribution < 1.29 is 62.1 Å². The van der Waals surface area contributed by atoms with Crippen molar-refractivity contribution in [3.05, 3.63) is 0 Å². The normalized spacial score (nSPS) is 17.1. The zero-order valence-electron chi connectivity index (χ0n) is 12.0. The Morgan fingerprint density at radius 1 is 1.05 bits per heavy atom. The summed E-state index contributed by atoms with van der Waals surface area (Å²) in [5.74, 6) is 0. The summed E-state index contributed by atoms with van der Waals surface area (Å²) in [6, 6.07) is 0. The fourth-order valence-electron chi connectivity index (χ4n) is 1.46. The third-order valence-electron chi connectivity index (χ3n) is 2.94. The molecule has 0 saturated heterocycles. The van der Waals surface area contributed by atoms with Gasteiger partial charge in [-0.2, -0.15) is 0 Å². The number of hydrogen-bond acceptors (Lipinski definition) is 5. The summed E-state index contributed by atoms with van der Waals surface area (Å²) in [5.41, 5.74) is 0. The first-order valence-electron chi connectivity index (χ1n) is 5.98. The molecule has 8 nitrogen and oxygen atoms in total. The van der Waals surface area contributed by atoms with Gasteiger partial charge in [-0.25, -0.2) is 0 Å². The highest BCUT2D eigenvalue weighted by Crippen LogP contribution is 2.26. The Bertz CT molecular complexity index is 369. The highest BCUT2D eigenvalue weighted by Gasteiger charge is 2.18. The average Bonchev–Trinajstić information content (AvgIpc) is 2.19. The summed E-state index contributed by atoms with van der Waals surface area (Å²) in [4.78, 5) is 41.4. The van der Waals surface area contributed by atoms with Gasteiger partial charge in [0.1, 0.15) is 20.7 Å². The standard InChI is InChI=1S/C9H24N2O6P2.HI/c1-10(5-8-18(12,13)14)4-6-11(2,3)7-9-19(15,16)17;/h4-9H2,1-3H3,(H3-,12,13,14,15,16,17);1H/p-2. The third-order valence-corrected chi connectivity index (χ3v) is 4.48. The number of nitrogens with zero attached hydrogens (tertiary/aromatic N) is 1. The largest absolute Gasteiger partial charge is 1.00 e. The summed E-state index contributed by atoms with van der Waals surface area (Å²) in [7, 11) is -3.27. The smallest absolute Gasteiger partial charge is 0.138 e.